The molecule has 2 fully saturated rings. The van der Waals surface area contributed by atoms with Crippen LogP contribution in [0.5, 0.6) is 0 Å². The summed E-state index contributed by atoms with van der Waals surface area (Å²) in [7, 11) is 0. The molecule has 94 valence electrons. The lowest BCUT2D eigenvalue weighted by atomic mass is 9.65. The standard InChI is InChI=1S/C13H26N2O/c1-12(2)4-10-5-13(3,8-12)9-15(10)7-11(16)6-14/h10-11,16H,4-9,14H2,1-3H3/t10-,11+,13-/m1/s1. The minimum absolute atomic E-state index is 0.355. The maximum atomic E-state index is 9.69. The number of β-amino-alcohol motifs (C(OH)–C–C–N with tert-alkyl or cyclic N) is 1. The second kappa shape index (κ2) is 3.97. The summed E-state index contributed by atoms with van der Waals surface area (Å²) in [6.07, 6.45) is 3.52. The van der Waals surface area contributed by atoms with Crippen molar-refractivity contribution < 1.29 is 5.11 Å². The molecule has 0 aromatic carbocycles. The molecule has 0 aromatic heterocycles. The summed E-state index contributed by atoms with van der Waals surface area (Å²) in [6.45, 7) is 9.42. The van der Waals surface area contributed by atoms with Crippen LogP contribution in [0.4, 0.5) is 0 Å². The van der Waals surface area contributed by atoms with Crippen LogP contribution >= 0.6 is 0 Å². The highest BCUT2D eigenvalue weighted by Crippen LogP contribution is 2.52. The molecule has 1 saturated heterocycles. The lowest BCUT2D eigenvalue weighted by Crippen LogP contribution is -2.40. The number of aliphatic hydroxyl groups is 1. The van der Waals surface area contributed by atoms with Crippen LogP contribution in [0.1, 0.15) is 40.0 Å². The first-order valence-corrected chi connectivity index (χ1v) is 6.46. The van der Waals surface area contributed by atoms with Crippen molar-refractivity contribution in [1.29, 1.82) is 0 Å². The van der Waals surface area contributed by atoms with E-state index in [0.29, 0.717) is 23.4 Å². The number of hydrogen-bond donors (Lipinski definition) is 2. The number of fused-ring (bicyclic) bond motifs is 2. The van der Waals surface area contributed by atoms with Crippen molar-refractivity contribution in [3.05, 3.63) is 0 Å². The summed E-state index contributed by atoms with van der Waals surface area (Å²) in [5.74, 6) is 0. The summed E-state index contributed by atoms with van der Waals surface area (Å²) >= 11 is 0. The van der Waals surface area contributed by atoms with Crippen molar-refractivity contribution in [2.45, 2.75) is 52.2 Å². The average molecular weight is 226 g/mol. The van der Waals surface area contributed by atoms with Gasteiger partial charge in [-0.3, -0.25) is 4.90 Å². The first kappa shape index (κ1) is 12.3. The minimum atomic E-state index is -0.355. The highest BCUT2D eigenvalue weighted by atomic mass is 16.3. The van der Waals surface area contributed by atoms with Gasteiger partial charge in [-0.2, -0.15) is 0 Å². The Bertz CT molecular complexity index is 267. The predicted molar refractivity (Wildman–Crippen MR) is 66.2 cm³/mol. The minimum Gasteiger partial charge on any atom is -0.390 e. The van der Waals surface area contributed by atoms with Crippen molar-refractivity contribution in [2.24, 2.45) is 16.6 Å². The van der Waals surface area contributed by atoms with Crippen molar-refractivity contribution in [3.63, 3.8) is 0 Å². The van der Waals surface area contributed by atoms with Gasteiger partial charge in [0.2, 0.25) is 0 Å². The highest BCUT2D eigenvalue weighted by molar-refractivity contribution is 5.02. The van der Waals surface area contributed by atoms with E-state index < -0.39 is 0 Å². The lowest BCUT2D eigenvalue weighted by Gasteiger charge is -2.40. The maximum absolute atomic E-state index is 9.69. The van der Waals surface area contributed by atoms with E-state index in [0.717, 1.165) is 13.1 Å². The maximum Gasteiger partial charge on any atom is 0.0789 e. The van der Waals surface area contributed by atoms with Gasteiger partial charge in [0.25, 0.3) is 0 Å². The van der Waals surface area contributed by atoms with E-state index in [1.807, 2.05) is 0 Å². The number of nitrogens with two attached hydrogens (primary N) is 1. The molecule has 3 atom stereocenters. The molecule has 2 aliphatic rings. The number of rotatable bonds is 3. The monoisotopic (exact) mass is 226 g/mol. The zero-order chi connectivity index (χ0) is 12.0. The van der Waals surface area contributed by atoms with Crippen LogP contribution < -0.4 is 5.73 Å². The van der Waals surface area contributed by atoms with Gasteiger partial charge in [-0.05, 0) is 30.1 Å². The normalized spacial score (nSPS) is 39.9. The van der Waals surface area contributed by atoms with Gasteiger partial charge >= 0.3 is 0 Å². The first-order chi connectivity index (χ1) is 7.34. The molecule has 0 amide bonds. The number of aliphatic hydroxyl groups excluding tert-OH is 1. The van der Waals surface area contributed by atoms with E-state index in [-0.39, 0.29) is 6.10 Å². The fraction of sp³-hybridized carbons (Fsp3) is 1.00. The summed E-state index contributed by atoms with van der Waals surface area (Å²) in [4.78, 5) is 2.46. The Hall–Kier alpha value is -0.120. The molecular formula is C13H26N2O. The zero-order valence-corrected chi connectivity index (χ0v) is 10.9. The Balaban J connectivity index is 2.04. The fourth-order valence-electron chi connectivity index (χ4n) is 4.14. The number of nitrogens with zero attached hydrogens (tertiary/aromatic N) is 1. The molecule has 1 aliphatic carbocycles. The molecule has 16 heavy (non-hydrogen) atoms. The van der Waals surface area contributed by atoms with Crippen LogP contribution in [0.3, 0.4) is 0 Å². The van der Waals surface area contributed by atoms with E-state index in [2.05, 4.69) is 25.7 Å². The summed E-state index contributed by atoms with van der Waals surface area (Å²) in [6, 6.07) is 0.662. The van der Waals surface area contributed by atoms with E-state index in [9.17, 15) is 5.11 Å². The highest BCUT2D eigenvalue weighted by Gasteiger charge is 2.49. The van der Waals surface area contributed by atoms with Gasteiger partial charge in [0.05, 0.1) is 6.10 Å². The molecule has 3 nitrogen and oxygen atoms in total. The summed E-state index contributed by atoms with van der Waals surface area (Å²) in [5, 5.41) is 9.69. The van der Waals surface area contributed by atoms with Crippen LogP contribution in [0.15, 0.2) is 0 Å². The van der Waals surface area contributed by atoms with Gasteiger partial charge in [0.1, 0.15) is 0 Å². The van der Waals surface area contributed by atoms with Crippen LogP contribution in [-0.4, -0.2) is 41.8 Å². The van der Waals surface area contributed by atoms with E-state index in [1.54, 1.807) is 0 Å². The van der Waals surface area contributed by atoms with Crippen molar-refractivity contribution in [3.8, 4) is 0 Å². The molecule has 0 spiro atoms. The van der Waals surface area contributed by atoms with Crippen LogP contribution in [0, 0.1) is 10.8 Å². The number of likely N-dealkylation sites (tertiary alicyclic amines) is 1. The molecule has 1 heterocycles. The third kappa shape index (κ3) is 2.41. The Labute approximate surface area is 99.0 Å². The van der Waals surface area contributed by atoms with Crippen molar-refractivity contribution >= 4 is 0 Å². The molecule has 1 saturated carbocycles. The molecule has 0 aromatic rings. The predicted octanol–water partition coefficient (Wildman–Crippen LogP) is 1.21. The second-order valence-electron chi connectivity index (χ2n) is 7.03. The second-order valence-corrected chi connectivity index (χ2v) is 7.03. The number of hydrogen-bond acceptors (Lipinski definition) is 3. The van der Waals surface area contributed by atoms with Gasteiger partial charge in [-0.1, -0.05) is 20.8 Å². The molecule has 2 bridgehead atoms. The molecular weight excluding hydrogens is 200 g/mol. The molecule has 2 rings (SSSR count). The van der Waals surface area contributed by atoms with Gasteiger partial charge in [-0.25, -0.2) is 0 Å². The molecule has 0 radical (unpaired) electrons. The fourth-order valence-corrected chi connectivity index (χ4v) is 4.14. The molecule has 3 heteroatoms. The third-order valence-electron chi connectivity index (χ3n) is 4.24. The van der Waals surface area contributed by atoms with Crippen LogP contribution in [-0.2, 0) is 0 Å². The largest absolute Gasteiger partial charge is 0.390 e. The summed E-state index contributed by atoms with van der Waals surface area (Å²) < 4.78 is 0. The first-order valence-electron chi connectivity index (χ1n) is 6.46. The SMILES string of the molecule is CC1(C)C[C@@H]2C[C@@](C)(CN2C[C@@H](O)CN)C1. The Kier molecular flexibility index (Phi) is 3.06. The third-order valence-corrected chi connectivity index (χ3v) is 4.24. The average Bonchev–Trinajstić information content (AvgIpc) is 2.35. The Morgan fingerprint density at radius 3 is 2.69 bits per heavy atom. The summed E-state index contributed by atoms with van der Waals surface area (Å²) in [5.41, 5.74) is 6.41. The van der Waals surface area contributed by atoms with Crippen molar-refractivity contribution in [2.75, 3.05) is 19.6 Å². The van der Waals surface area contributed by atoms with Crippen molar-refractivity contribution in [1.82, 2.24) is 4.90 Å². The van der Waals surface area contributed by atoms with Gasteiger partial charge in [0, 0.05) is 25.7 Å². The van der Waals surface area contributed by atoms with Crippen LogP contribution in [0.2, 0.25) is 0 Å². The topological polar surface area (TPSA) is 49.5 Å². The quantitative estimate of drug-likeness (QED) is 0.760. The molecule has 3 N–H and O–H groups in total. The van der Waals surface area contributed by atoms with Gasteiger partial charge in [-0.15, -0.1) is 0 Å². The zero-order valence-electron chi connectivity index (χ0n) is 10.9. The van der Waals surface area contributed by atoms with Crippen LogP contribution in [0.25, 0.3) is 0 Å². The Morgan fingerprint density at radius 1 is 1.38 bits per heavy atom. The van der Waals surface area contributed by atoms with Gasteiger partial charge < -0.3 is 10.8 Å². The molecule has 0 unspecified atom stereocenters. The van der Waals surface area contributed by atoms with Gasteiger partial charge in [0.15, 0.2) is 0 Å². The molecule has 1 aliphatic heterocycles. The van der Waals surface area contributed by atoms with E-state index in [4.69, 9.17) is 5.73 Å². The van der Waals surface area contributed by atoms with E-state index >= 15 is 0 Å². The lowest BCUT2D eigenvalue weighted by molar-refractivity contribution is 0.0962. The Morgan fingerprint density at radius 2 is 2.06 bits per heavy atom. The smallest absolute Gasteiger partial charge is 0.0789 e. The van der Waals surface area contributed by atoms with E-state index in [1.165, 1.54) is 19.3 Å².